The summed E-state index contributed by atoms with van der Waals surface area (Å²) in [7, 11) is -3.86. The van der Waals surface area contributed by atoms with Crippen LogP contribution in [0.5, 0.6) is 0 Å². The Morgan fingerprint density at radius 3 is 2.17 bits per heavy atom. The molecule has 0 aromatic heterocycles. The van der Waals surface area contributed by atoms with E-state index in [9.17, 15) is 22.4 Å². The minimum atomic E-state index is -3.86. The Morgan fingerprint density at radius 2 is 1.57 bits per heavy atom. The number of sulfonamides is 1. The van der Waals surface area contributed by atoms with E-state index in [1.165, 1.54) is 17.0 Å². The fourth-order valence-corrected chi connectivity index (χ4v) is 5.28. The zero-order valence-electron chi connectivity index (χ0n) is 23.7. The minimum absolute atomic E-state index is 0.00502. The van der Waals surface area contributed by atoms with Gasteiger partial charge in [-0.3, -0.25) is 13.9 Å². The SMILES string of the molecule is CC[C@@H](C)NC(=O)[C@H](Cc1ccccc1)N(Cc1ccc(F)cc1)C(=O)CN(c1cccc(C)c1C)S(C)(=O)=O. The van der Waals surface area contributed by atoms with Gasteiger partial charge >= 0.3 is 0 Å². The van der Waals surface area contributed by atoms with Crippen molar-refractivity contribution in [2.75, 3.05) is 17.1 Å². The first-order valence-corrected chi connectivity index (χ1v) is 15.2. The predicted molar refractivity (Wildman–Crippen MR) is 157 cm³/mol. The highest BCUT2D eigenvalue weighted by atomic mass is 32.2. The number of nitrogens with one attached hydrogen (secondary N) is 1. The molecule has 214 valence electrons. The van der Waals surface area contributed by atoms with Gasteiger partial charge in [0, 0.05) is 19.0 Å². The lowest BCUT2D eigenvalue weighted by Crippen LogP contribution is -2.54. The van der Waals surface area contributed by atoms with Gasteiger partial charge in [-0.15, -0.1) is 0 Å². The van der Waals surface area contributed by atoms with Crippen LogP contribution in [-0.2, 0) is 32.6 Å². The molecule has 0 aliphatic heterocycles. The molecule has 0 aliphatic carbocycles. The van der Waals surface area contributed by atoms with Crippen molar-refractivity contribution in [3.63, 3.8) is 0 Å². The summed E-state index contributed by atoms with van der Waals surface area (Å²) in [5.74, 6) is -1.31. The van der Waals surface area contributed by atoms with Crippen molar-refractivity contribution in [1.29, 1.82) is 0 Å². The topological polar surface area (TPSA) is 86.8 Å². The molecule has 3 aromatic carbocycles. The smallest absolute Gasteiger partial charge is 0.244 e. The van der Waals surface area contributed by atoms with Crippen LogP contribution in [0.15, 0.2) is 72.8 Å². The second-order valence-corrected chi connectivity index (χ2v) is 12.1. The van der Waals surface area contributed by atoms with Crippen LogP contribution in [0, 0.1) is 19.7 Å². The van der Waals surface area contributed by atoms with Crippen LogP contribution in [0.3, 0.4) is 0 Å². The molecule has 0 heterocycles. The number of aryl methyl sites for hydroxylation is 1. The van der Waals surface area contributed by atoms with Crippen LogP contribution < -0.4 is 9.62 Å². The fourth-order valence-electron chi connectivity index (χ4n) is 4.38. The van der Waals surface area contributed by atoms with E-state index in [2.05, 4.69) is 5.32 Å². The summed E-state index contributed by atoms with van der Waals surface area (Å²) in [6, 6.07) is 19.3. The third kappa shape index (κ3) is 8.14. The van der Waals surface area contributed by atoms with Crippen LogP contribution in [0.4, 0.5) is 10.1 Å². The summed E-state index contributed by atoms with van der Waals surface area (Å²) in [6.07, 6.45) is 1.98. The van der Waals surface area contributed by atoms with E-state index in [0.29, 0.717) is 17.7 Å². The second-order valence-electron chi connectivity index (χ2n) is 10.2. The number of carbonyl (C=O) groups excluding carboxylic acids is 2. The first-order valence-electron chi connectivity index (χ1n) is 13.3. The normalized spacial score (nSPS) is 12.8. The highest BCUT2D eigenvalue weighted by Gasteiger charge is 2.33. The third-order valence-corrected chi connectivity index (χ3v) is 8.19. The average molecular weight is 568 g/mol. The lowest BCUT2D eigenvalue weighted by atomic mass is 10.0. The van der Waals surface area contributed by atoms with Crippen LogP contribution in [-0.4, -0.2) is 50.0 Å². The highest BCUT2D eigenvalue weighted by molar-refractivity contribution is 7.92. The first kappa shape index (κ1) is 30.8. The molecule has 0 radical (unpaired) electrons. The predicted octanol–water partition coefficient (Wildman–Crippen LogP) is 4.76. The maximum Gasteiger partial charge on any atom is 0.244 e. The molecule has 9 heteroatoms. The Kier molecular flexibility index (Phi) is 10.5. The Morgan fingerprint density at radius 1 is 0.925 bits per heavy atom. The summed E-state index contributed by atoms with van der Waals surface area (Å²) < 4.78 is 40.7. The molecule has 7 nitrogen and oxygen atoms in total. The van der Waals surface area contributed by atoms with Crippen molar-refractivity contribution < 1.29 is 22.4 Å². The zero-order valence-corrected chi connectivity index (χ0v) is 24.5. The maximum absolute atomic E-state index is 14.1. The van der Waals surface area contributed by atoms with Gasteiger partial charge in [-0.25, -0.2) is 12.8 Å². The van der Waals surface area contributed by atoms with E-state index in [1.54, 1.807) is 31.2 Å². The molecule has 0 bridgehead atoms. The standard InChI is InChI=1S/C31H38FN3O4S/c1-6-23(3)33-31(37)29(19-25-12-8-7-9-13-25)34(20-26-15-17-27(32)18-16-26)30(36)21-35(40(5,38)39)28-14-10-11-22(2)24(28)4/h7-18,23,29H,6,19-21H2,1-5H3,(H,33,37)/t23-,29+/m1/s1. The molecule has 0 unspecified atom stereocenters. The molecule has 1 N–H and O–H groups in total. The quantitative estimate of drug-likeness (QED) is 0.342. The number of carbonyl (C=O) groups is 2. The Bertz CT molecular complexity index is 1410. The summed E-state index contributed by atoms with van der Waals surface area (Å²) in [5, 5.41) is 2.99. The van der Waals surface area contributed by atoms with Gasteiger partial charge in [0.15, 0.2) is 0 Å². The Balaban J connectivity index is 2.08. The summed E-state index contributed by atoms with van der Waals surface area (Å²) >= 11 is 0. The third-order valence-electron chi connectivity index (χ3n) is 7.06. The number of rotatable bonds is 12. The molecule has 40 heavy (non-hydrogen) atoms. The van der Waals surface area contributed by atoms with Crippen molar-refractivity contribution >= 4 is 27.5 Å². The molecule has 0 saturated carbocycles. The number of hydrogen-bond acceptors (Lipinski definition) is 4. The first-order chi connectivity index (χ1) is 18.9. The Hall–Kier alpha value is -3.72. The van der Waals surface area contributed by atoms with Crippen molar-refractivity contribution in [3.05, 3.63) is 101 Å². The summed E-state index contributed by atoms with van der Waals surface area (Å²) in [6.45, 7) is 7.02. The fraction of sp³-hybridized carbons (Fsp3) is 0.355. The summed E-state index contributed by atoms with van der Waals surface area (Å²) in [4.78, 5) is 29.2. The van der Waals surface area contributed by atoms with Crippen molar-refractivity contribution in [3.8, 4) is 0 Å². The number of nitrogens with zero attached hydrogens (tertiary/aromatic N) is 2. The van der Waals surface area contributed by atoms with E-state index in [0.717, 1.165) is 27.3 Å². The molecule has 0 aliphatic rings. The monoisotopic (exact) mass is 567 g/mol. The molecule has 0 spiro atoms. The lowest BCUT2D eigenvalue weighted by molar-refractivity contribution is -0.140. The van der Waals surface area contributed by atoms with E-state index in [4.69, 9.17) is 0 Å². The van der Waals surface area contributed by atoms with Gasteiger partial charge in [0.25, 0.3) is 0 Å². The number of halogens is 1. The number of hydrogen-bond donors (Lipinski definition) is 1. The molecule has 2 amide bonds. The molecule has 0 saturated heterocycles. The number of anilines is 1. The van der Waals surface area contributed by atoms with E-state index >= 15 is 0 Å². The minimum Gasteiger partial charge on any atom is -0.352 e. The van der Waals surface area contributed by atoms with Gasteiger partial charge in [-0.1, -0.05) is 61.5 Å². The summed E-state index contributed by atoms with van der Waals surface area (Å²) in [5.41, 5.74) is 3.49. The highest BCUT2D eigenvalue weighted by Crippen LogP contribution is 2.26. The van der Waals surface area contributed by atoms with Crippen molar-refractivity contribution in [1.82, 2.24) is 10.2 Å². The zero-order chi connectivity index (χ0) is 29.4. The molecule has 2 atom stereocenters. The van der Waals surface area contributed by atoms with Gasteiger partial charge < -0.3 is 10.2 Å². The molecular weight excluding hydrogens is 529 g/mol. The largest absolute Gasteiger partial charge is 0.352 e. The molecule has 3 rings (SSSR count). The van der Waals surface area contributed by atoms with Gasteiger partial charge in [0.1, 0.15) is 18.4 Å². The van der Waals surface area contributed by atoms with E-state index in [-0.39, 0.29) is 24.9 Å². The molecule has 3 aromatic rings. The number of amides is 2. The molecule has 0 fully saturated rings. The van der Waals surface area contributed by atoms with E-state index in [1.807, 2.05) is 57.2 Å². The second kappa shape index (κ2) is 13.6. The van der Waals surface area contributed by atoms with Crippen LogP contribution >= 0.6 is 0 Å². The van der Waals surface area contributed by atoms with Crippen LogP contribution in [0.25, 0.3) is 0 Å². The number of benzene rings is 3. The van der Waals surface area contributed by atoms with Gasteiger partial charge in [-0.2, -0.15) is 0 Å². The van der Waals surface area contributed by atoms with Crippen LogP contribution in [0.2, 0.25) is 0 Å². The van der Waals surface area contributed by atoms with Gasteiger partial charge in [0.05, 0.1) is 11.9 Å². The maximum atomic E-state index is 14.1. The van der Waals surface area contributed by atoms with Gasteiger partial charge in [-0.05, 0) is 67.6 Å². The Labute approximate surface area is 237 Å². The van der Waals surface area contributed by atoms with E-state index < -0.39 is 34.3 Å². The average Bonchev–Trinajstić information content (AvgIpc) is 2.91. The van der Waals surface area contributed by atoms with Gasteiger partial charge in [0.2, 0.25) is 21.8 Å². The van der Waals surface area contributed by atoms with Crippen LogP contribution in [0.1, 0.15) is 42.5 Å². The lowest BCUT2D eigenvalue weighted by Gasteiger charge is -2.34. The molecular formula is C31H38FN3O4S. The van der Waals surface area contributed by atoms with Crippen molar-refractivity contribution in [2.45, 2.75) is 59.2 Å². The van der Waals surface area contributed by atoms with Crippen molar-refractivity contribution in [2.24, 2.45) is 0 Å².